The molecule has 2 N–H and O–H groups in total. The van der Waals surface area contributed by atoms with E-state index in [4.69, 9.17) is 5.11 Å². The molecular weight excluding hydrogens is 222 g/mol. The van der Waals surface area contributed by atoms with Gasteiger partial charge in [-0.25, -0.2) is 9.59 Å². The summed E-state index contributed by atoms with van der Waals surface area (Å²) in [5.74, 6) is -0.371. The summed E-state index contributed by atoms with van der Waals surface area (Å²) in [5, 5.41) is 8.05. The molecule has 1 heterocycles. The van der Waals surface area contributed by atoms with Gasteiger partial charge in [0.15, 0.2) is 0 Å². The first kappa shape index (κ1) is 15.4. The number of aromatic nitrogens is 1. The van der Waals surface area contributed by atoms with Gasteiger partial charge >= 0.3 is 11.4 Å². The Kier molecular flexibility index (Phi) is 6.89. The van der Waals surface area contributed by atoms with Gasteiger partial charge < -0.3 is 9.52 Å². The van der Waals surface area contributed by atoms with Crippen molar-refractivity contribution in [3.63, 3.8) is 0 Å². The maximum Gasteiger partial charge on any atom is 0.419 e. The summed E-state index contributed by atoms with van der Waals surface area (Å²) in [4.78, 5) is 24.5. The van der Waals surface area contributed by atoms with Gasteiger partial charge in [0.2, 0.25) is 0 Å². The SMILES string of the molecule is CC.CC1C=c2c([nH]c(=O)oc2=O)=CC1.CO. The normalized spacial score (nSPS) is 15.9. The van der Waals surface area contributed by atoms with Gasteiger partial charge in [-0.05, 0) is 12.3 Å². The molecule has 0 fully saturated rings. The van der Waals surface area contributed by atoms with Crippen molar-refractivity contribution in [2.45, 2.75) is 27.2 Å². The van der Waals surface area contributed by atoms with Crippen LogP contribution in [-0.2, 0) is 0 Å². The van der Waals surface area contributed by atoms with E-state index in [1.54, 1.807) is 0 Å². The third-order valence-electron chi connectivity index (χ3n) is 2.08. The third-order valence-corrected chi connectivity index (χ3v) is 2.08. The number of rotatable bonds is 0. The highest BCUT2D eigenvalue weighted by Gasteiger charge is 2.05. The summed E-state index contributed by atoms with van der Waals surface area (Å²) >= 11 is 0. The second-order valence-corrected chi connectivity index (χ2v) is 3.21. The summed E-state index contributed by atoms with van der Waals surface area (Å²) in [5.41, 5.74) is -0.554. The van der Waals surface area contributed by atoms with Gasteiger partial charge in [0.1, 0.15) is 0 Å². The predicted octanol–water partition coefficient (Wildman–Crippen LogP) is -0.436. The van der Waals surface area contributed by atoms with Crippen molar-refractivity contribution in [2.24, 2.45) is 5.92 Å². The summed E-state index contributed by atoms with van der Waals surface area (Å²) in [6.07, 6.45) is 4.50. The zero-order valence-electron chi connectivity index (χ0n) is 10.6. The van der Waals surface area contributed by atoms with Crippen LogP contribution in [0.2, 0.25) is 0 Å². The average molecular weight is 241 g/mol. The first-order valence-corrected chi connectivity index (χ1v) is 5.57. The Morgan fingerprint density at radius 3 is 2.53 bits per heavy atom. The van der Waals surface area contributed by atoms with Crippen molar-refractivity contribution in [1.29, 1.82) is 0 Å². The molecule has 5 nitrogen and oxygen atoms in total. The van der Waals surface area contributed by atoms with Gasteiger partial charge in [0.25, 0.3) is 0 Å². The van der Waals surface area contributed by atoms with Gasteiger partial charge in [-0.3, -0.25) is 4.98 Å². The molecule has 0 bridgehead atoms. The zero-order chi connectivity index (χ0) is 13.4. The monoisotopic (exact) mass is 241 g/mol. The molecule has 1 unspecified atom stereocenters. The topological polar surface area (TPSA) is 83.3 Å². The van der Waals surface area contributed by atoms with Crippen LogP contribution in [-0.4, -0.2) is 17.2 Å². The van der Waals surface area contributed by atoms with E-state index in [-0.39, 0.29) is 0 Å². The maximum absolute atomic E-state index is 11.2. The van der Waals surface area contributed by atoms with Crippen LogP contribution in [0.1, 0.15) is 27.2 Å². The Morgan fingerprint density at radius 2 is 1.94 bits per heavy atom. The quantitative estimate of drug-likeness (QED) is 0.645. The van der Waals surface area contributed by atoms with Crippen LogP contribution in [0.5, 0.6) is 0 Å². The lowest BCUT2D eigenvalue weighted by atomic mass is 10.0. The van der Waals surface area contributed by atoms with Crippen molar-refractivity contribution in [1.82, 2.24) is 4.98 Å². The zero-order valence-corrected chi connectivity index (χ0v) is 10.6. The minimum atomic E-state index is -0.692. The van der Waals surface area contributed by atoms with Crippen LogP contribution in [0.4, 0.5) is 0 Å². The summed E-state index contributed by atoms with van der Waals surface area (Å²) < 4.78 is 4.41. The average Bonchev–Trinajstić information content (AvgIpc) is 2.35. The lowest BCUT2D eigenvalue weighted by Gasteiger charge is -2.04. The van der Waals surface area contributed by atoms with E-state index in [1.165, 1.54) is 0 Å². The van der Waals surface area contributed by atoms with E-state index in [9.17, 15) is 9.59 Å². The number of fused-ring (bicyclic) bond motifs is 1. The number of H-pyrrole nitrogens is 1. The Bertz CT molecular complexity index is 553. The highest BCUT2D eigenvalue weighted by atomic mass is 16.4. The molecule has 17 heavy (non-hydrogen) atoms. The smallest absolute Gasteiger partial charge is 0.400 e. The minimum Gasteiger partial charge on any atom is -0.400 e. The largest absolute Gasteiger partial charge is 0.419 e. The predicted molar refractivity (Wildman–Crippen MR) is 67.1 cm³/mol. The molecule has 0 saturated carbocycles. The number of nitrogens with one attached hydrogen (secondary N) is 1. The minimum absolute atomic E-state index is 0.321. The molecule has 1 aliphatic rings. The standard InChI is InChI=1S/C9H9NO3.C2H6.CH4O/c1-5-2-3-7-6(4-5)8(11)13-9(12)10-7;2*1-2/h3-5H,2H2,1H3,(H,10,12);1-2H3;2H,1H3. The van der Waals surface area contributed by atoms with Crippen molar-refractivity contribution < 1.29 is 9.52 Å². The Balaban J connectivity index is 0.000000581. The summed E-state index contributed by atoms with van der Waals surface area (Å²) in [7, 11) is 1.00. The molecule has 1 aliphatic carbocycles. The molecule has 0 aliphatic heterocycles. The number of hydrogen-bond donors (Lipinski definition) is 2. The van der Waals surface area contributed by atoms with E-state index in [2.05, 4.69) is 9.40 Å². The number of aliphatic hydroxyl groups excluding tert-OH is 1. The fourth-order valence-electron chi connectivity index (χ4n) is 1.43. The molecular formula is C12H19NO4. The number of hydrogen-bond acceptors (Lipinski definition) is 4. The number of aliphatic hydroxyl groups is 1. The van der Waals surface area contributed by atoms with Crippen molar-refractivity contribution in [3.8, 4) is 0 Å². The molecule has 1 atom stereocenters. The van der Waals surface area contributed by atoms with Crippen molar-refractivity contribution in [3.05, 3.63) is 31.5 Å². The molecule has 0 saturated heterocycles. The number of aromatic amines is 1. The van der Waals surface area contributed by atoms with E-state index in [0.717, 1.165) is 13.5 Å². The highest BCUT2D eigenvalue weighted by molar-refractivity contribution is 5.36. The maximum atomic E-state index is 11.2. The summed E-state index contributed by atoms with van der Waals surface area (Å²) in [6, 6.07) is 0. The van der Waals surface area contributed by atoms with Crippen molar-refractivity contribution in [2.75, 3.05) is 7.11 Å². The Morgan fingerprint density at radius 1 is 1.35 bits per heavy atom. The van der Waals surface area contributed by atoms with E-state index < -0.39 is 11.4 Å². The van der Waals surface area contributed by atoms with Crippen LogP contribution in [0, 0.1) is 5.92 Å². The van der Waals surface area contributed by atoms with Crippen LogP contribution in [0.3, 0.4) is 0 Å². The molecule has 0 aromatic carbocycles. The van der Waals surface area contributed by atoms with Crippen LogP contribution in [0.15, 0.2) is 14.0 Å². The van der Waals surface area contributed by atoms with Gasteiger partial charge in [-0.15, -0.1) is 0 Å². The van der Waals surface area contributed by atoms with Gasteiger partial charge in [-0.1, -0.05) is 32.9 Å². The van der Waals surface area contributed by atoms with Crippen molar-refractivity contribution >= 4 is 12.2 Å². The fourth-order valence-corrected chi connectivity index (χ4v) is 1.43. The molecule has 0 radical (unpaired) electrons. The van der Waals surface area contributed by atoms with Gasteiger partial charge in [0, 0.05) is 7.11 Å². The van der Waals surface area contributed by atoms with Gasteiger partial charge in [-0.2, -0.15) is 0 Å². The molecule has 0 amide bonds. The van der Waals surface area contributed by atoms with E-state index in [1.807, 2.05) is 32.9 Å². The van der Waals surface area contributed by atoms with Gasteiger partial charge in [0.05, 0.1) is 10.6 Å². The Labute approximate surface area is 99.1 Å². The van der Waals surface area contributed by atoms with Crippen LogP contribution >= 0.6 is 0 Å². The fraction of sp³-hybridized carbons (Fsp3) is 0.500. The van der Waals surface area contributed by atoms with E-state index >= 15 is 0 Å². The Hall–Kier alpha value is -1.62. The second-order valence-electron chi connectivity index (χ2n) is 3.21. The molecule has 96 valence electrons. The van der Waals surface area contributed by atoms with E-state index in [0.29, 0.717) is 16.5 Å². The van der Waals surface area contributed by atoms with Crippen LogP contribution < -0.4 is 21.9 Å². The van der Waals surface area contributed by atoms with Crippen LogP contribution in [0.25, 0.3) is 12.2 Å². The first-order chi connectivity index (χ1) is 8.16. The molecule has 5 heteroatoms. The molecule has 2 rings (SSSR count). The summed E-state index contributed by atoms with van der Waals surface area (Å²) in [6.45, 7) is 6.00. The lowest BCUT2D eigenvalue weighted by Crippen LogP contribution is -2.46. The second kappa shape index (κ2) is 7.62. The first-order valence-electron chi connectivity index (χ1n) is 5.57. The third kappa shape index (κ3) is 4.03. The molecule has 0 spiro atoms. The molecule has 1 aromatic rings. The highest BCUT2D eigenvalue weighted by Crippen LogP contribution is 2.04. The molecule has 1 aromatic heterocycles. The lowest BCUT2D eigenvalue weighted by molar-refractivity contribution is 0.399.